The van der Waals surface area contributed by atoms with Gasteiger partial charge in [0.05, 0.1) is 22.0 Å². The summed E-state index contributed by atoms with van der Waals surface area (Å²) in [6.07, 6.45) is 2.05. The fourth-order valence-electron chi connectivity index (χ4n) is 3.62. The molecule has 3 rings (SSSR count). The number of carbonyl (C=O) groups is 2. The summed E-state index contributed by atoms with van der Waals surface area (Å²) in [6.45, 7) is 6.11. The number of anilines is 1. The first-order chi connectivity index (χ1) is 15.4. The van der Waals surface area contributed by atoms with E-state index < -0.39 is 51.0 Å². The van der Waals surface area contributed by atoms with Crippen molar-refractivity contribution in [2.24, 2.45) is 5.41 Å². The van der Waals surface area contributed by atoms with E-state index in [-0.39, 0.29) is 18.8 Å². The van der Waals surface area contributed by atoms with Crippen LogP contribution in [0.25, 0.3) is 0 Å². The molecule has 10 nitrogen and oxygen atoms in total. The van der Waals surface area contributed by atoms with Crippen LogP contribution in [-0.4, -0.2) is 53.1 Å². The fourth-order valence-corrected chi connectivity index (χ4v) is 3.62. The lowest BCUT2D eigenvalue weighted by atomic mass is 10.0. The van der Waals surface area contributed by atoms with Crippen molar-refractivity contribution < 1.29 is 23.6 Å². The van der Waals surface area contributed by atoms with Gasteiger partial charge in [0.25, 0.3) is 11.6 Å². The second kappa shape index (κ2) is 9.21. The highest BCUT2D eigenvalue weighted by atomic mass is 19.1. The molecule has 1 saturated carbocycles. The largest absolute Gasteiger partial charge is 0.444 e. The highest BCUT2D eigenvalue weighted by Gasteiger charge is 2.43. The van der Waals surface area contributed by atoms with Gasteiger partial charge in [-0.1, -0.05) is 0 Å². The Morgan fingerprint density at radius 3 is 2.67 bits per heavy atom. The maximum Gasteiger partial charge on any atom is 0.410 e. The molecule has 1 atom stereocenters. The first kappa shape index (κ1) is 24.2. The molecular formula is C22H28FN5O5. The van der Waals surface area contributed by atoms with E-state index in [1.165, 1.54) is 4.90 Å². The quantitative estimate of drug-likeness (QED) is 0.488. The molecule has 1 aromatic rings. The number of nitro groups is 1. The molecule has 33 heavy (non-hydrogen) atoms. The Bertz CT molecular complexity index is 996. The van der Waals surface area contributed by atoms with Crippen LogP contribution in [0.1, 0.15) is 56.8 Å². The van der Waals surface area contributed by atoms with Crippen LogP contribution in [0.2, 0.25) is 0 Å². The number of piperidine rings is 1. The predicted molar refractivity (Wildman–Crippen MR) is 117 cm³/mol. The number of ether oxygens (including phenoxy) is 1. The first-order valence-corrected chi connectivity index (χ1v) is 10.8. The average molecular weight is 461 g/mol. The normalized spacial score (nSPS) is 19.2. The van der Waals surface area contributed by atoms with Crippen LogP contribution < -0.4 is 10.6 Å². The number of nitriles is 1. The second-order valence-electron chi connectivity index (χ2n) is 9.59. The third-order valence-corrected chi connectivity index (χ3v) is 5.64. The van der Waals surface area contributed by atoms with Gasteiger partial charge >= 0.3 is 6.09 Å². The van der Waals surface area contributed by atoms with Gasteiger partial charge in [0.1, 0.15) is 17.1 Å². The van der Waals surface area contributed by atoms with E-state index in [0.717, 1.165) is 12.1 Å². The first-order valence-electron chi connectivity index (χ1n) is 10.8. The van der Waals surface area contributed by atoms with Gasteiger partial charge in [0.2, 0.25) is 0 Å². The van der Waals surface area contributed by atoms with E-state index in [1.807, 2.05) is 0 Å². The molecule has 1 heterocycles. The van der Waals surface area contributed by atoms with Gasteiger partial charge in [-0.2, -0.15) is 5.26 Å². The van der Waals surface area contributed by atoms with Crippen LogP contribution in [0.3, 0.4) is 0 Å². The number of benzene rings is 1. The summed E-state index contributed by atoms with van der Waals surface area (Å²) in [5, 5.41) is 26.1. The summed E-state index contributed by atoms with van der Waals surface area (Å²) in [6, 6.07) is 3.52. The zero-order valence-corrected chi connectivity index (χ0v) is 18.9. The third-order valence-electron chi connectivity index (χ3n) is 5.64. The molecular weight excluding hydrogens is 433 g/mol. The maximum absolute atomic E-state index is 14.7. The Hall–Kier alpha value is -3.42. The topological polar surface area (TPSA) is 138 Å². The number of rotatable bonds is 6. The van der Waals surface area contributed by atoms with E-state index >= 15 is 0 Å². The Kier molecular flexibility index (Phi) is 6.76. The molecule has 11 heteroatoms. The Morgan fingerprint density at radius 1 is 1.39 bits per heavy atom. The SMILES string of the molecule is CC(C)(C)OC(=O)N1CCCC(NC(=O)c2cc([N+](=O)[O-])c(NCC3(C#N)CC3)cc2F)C1. The molecule has 178 valence electrons. The van der Waals surface area contributed by atoms with E-state index in [4.69, 9.17) is 10.00 Å². The predicted octanol–water partition coefficient (Wildman–Crippen LogP) is 3.58. The minimum absolute atomic E-state index is 0.0793. The smallest absolute Gasteiger partial charge is 0.410 e. The van der Waals surface area contributed by atoms with Crippen molar-refractivity contribution in [3.63, 3.8) is 0 Å². The number of hydrogen-bond donors (Lipinski definition) is 2. The van der Waals surface area contributed by atoms with Crippen LogP contribution >= 0.6 is 0 Å². The molecule has 1 aliphatic carbocycles. The van der Waals surface area contributed by atoms with Gasteiger partial charge in [0, 0.05) is 37.8 Å². The van der Waals surface area contributed by atoms with Gasteiger partial charge in [-0.15, -0.1) is 0 Å². The van der Waals surface area contributed by atoms with Gasteiger partial charge < -0.3 is 20.3 Å². The number of hydrogen-bond acceptors (Lipinski definition) is 7. The van der Waals surface area contributed by atoms with Gasteiger partial charge in [-0.25, -0.2) is 9.18 Å². The fraction of sp³-hybridized carbons (Fsp3) is 0.591. The number of amides is 2. The van der Waals surface area contributed by atoms with Crippen molar-refractivity contribution in [1.82, 2.24) is 10.2 Å². The molecule has 1 unspecified atom stereocenters. The van der Waals surface area contributed by atoms with Crippen LogP contribution in [0.5, 0.6) is 0 Å². The van der Waals surface area contributed by atoms with Gasteiger partial charge in [0.15, 0.2) is 0 Å². The number of likely N-dealkylation sites (tertiary alicyclic amines) is 1. The highest BCUT2D eigenvalue weighted by Crippen LogP contribution is 2.45. The van der Waals surface area contributed by atoms with Crippen LogP contribution in [0.15, 0.2) is 12.1 Å². The highest BCUT2D eigenvalue weighted by molar-refractivity contribution is 5.96. The molecule has 2 N–H and O–H groups in total. The lowest BCUT2D eigenvalue weighted by Gasteiger charge is -2.34. The molecule has 2 aliphatic rings. The molecule has 1 aliphatic heterocycles. The van der Waals surface area contributed by atoms with Crippen molar-refractivity contribution in [3.8, 4) is 6.07 Å². The zero-order chi connectivity index (χ0) is 24.4. The Balaban J connectivity index is 1.70. The van der Waals surface area contributed by atoms with E-state index in [9.17, 15) is 24.1 Å². The molecule has 2 fully saturated rings. The molecule has 0 bridgehead atoms. The van der Waals surface area contributed by atoms with Crippen molar-refractivity contribution in [2.75, 3.05) is 25.0 Å². The summed E-state index contributed by atoms with van der Waals surface area (Å²) in [4.78, 5) is 37.3. The Labute approximate surface area is 191 Å². The van der Waals surface area contributed by atoms with Crippen LogP contribution in [0.4, 0.5) is 20.6 Å². The van der Waals surface area contributed by atoms with Gasteiger partial charge in [-0.05, 0) is 46.5 Å². The minimum Gasteiger partial charge on any atom is -0.444 e. The molecule has 0 radical (unpaired) electrons. The van der Waals surface area contributed by atoms with Crippen LogP contribution in [-0.2, 0) is 4.74 Å². The summed E-state index contributed by atoms with van der Waals surface area (Å²) in [5.74, 6) is -1.71. The van der Waals surface area contributed by atoms with E-state index in [0.29, 0.717) is 32.2 Å². The summed E-state index contributed by atoms with van der Waals surface area (Å²) in [5.41, 5.74) is -2.22. The molecule has 0 spiro atoms. The maximum atomic E-state index is 14.7. The number of halogens is 1. The minimum atomic E-state index is -0.915. The molecule has 2 amide bonds. The monoisotopic (exact) mass is 461 g/mol. The summed E-state index contributed by atoms with van der Waals surface area (Å²) < 4.78 is 20.1. The number of nitro benzene ring substituents is 1. The van der Waals surface area contributed by atoms with Crippen molar-refractivity contribution in [3.05, 3.63) is 33.6 Å². The summed E-state index contributed by atoms with van der Waals surface area (Å²) in [7, 11) is 0. The average Bonchev–Trinajstić information content (AvgIpc) is 3.51. The van der Waals surface area contributed by atoms with Crippen LogP contribution in [0, 0.1) is 32.7 Å². The number of nitrogens with zero attached hydrogens (tertiary/aromatic N) is 3. The summed E-state index contributed by atoms with van der Waals surface area (Å²) >= 11 is 0. The Morgan fingerprint density at radius 2 is 2.09 bits per heavy atom. The van der Waals surface area contributed by atoms with Crippen molar-refractivity contribution in [1.29, 1.82) is 5.26 Å². The van der Waals surface area contributed by atoms with Crippen molar-refractivity contribution in [2.45, 2.75) is 58.1 Å². The van der Waals surface area contributed by atoms with Gasteiger partial charge in [-0.3, -0.25) is 14.9 Å². The lowest BCUT2D eigenvalue weighted by molar-refractivity contribution is -0.384. The second-order valence-corrected chi connectivity index (χ2v) is 9.59. The number of carbonyl (C=O) groups excluding carboxylic acids is 2. The standard InChI is InChI=1S/C22H28FN5O5/c1-21(2,3)33-20(30)27-8-4-5-14(11-27)26-19(29)15-9-18(28(31)32)17(10-16(15)23)25-13-22(12-24)6-7-22/h9-10,14,25H,4-8,11,13H2,1-3H3,(H,26,29). The lowest BCUT2D eigenvalue weighted by Crippen LogP contribution is -2.50. The molecule has 0 aromatic heterocycles. The number of nitrogens with one attached hydrogen (secondary N) is 2. The molecule has 1 saturated heterocycles. The van der Waals surface area contributed by atoms with Crippen molar-refractivity contribution >= 4 is 23.4 Å². The molecule has 1 aromatic carbocycles. The third kappa shape index (κ3) is 6.09. The zero-order valence-electron chi connectivity index (χ0n) is 18.9. The van der Waals surface area contributed by atoms with E-state index in [1.54, 1.807) is 20.8 Å². The van der Waals surface area contributed by atoms with E-state index in [2.05, 4.69) is 16.7 Å².